The summed E-state index contributed by atoms with van der Waals surface area (Å²) in [4.78, 5) is 27.3. The molecule has 0 aliphatic heterocycles. The molecule has 0 fully saturated rings. The zero-order valence-electron chi connectivity index (χ0n) is 18.8. The number of carbonyl (C=O) groups is 2. The van der Waals surface area contributed by atoms with Crippen LogP contribution in [0, 0.1) is 6.92 Å². The first-order chi connectivity index (χ1) is 15.1. The van der Waals surface area contributed by atoms with Gasteiger partial charge in [0.15, 0.2) is 0 Å². The van der Waals surface area contributed by atoms with Crippen LogP contribution in [-0.4, -0.2) is 57.6 Å². The van der Waals surface area contributed by atoms with Gasteiger partial charge in [0.1, 0.15) is 12.6 Å². The van der Waals surface area contributed by atoms with Gasteiger partial charge in [-0.25, -0.2) is 8.42 Å². The monoisotopic (exact) mass is 479 g/mol. The Hall–Kier alpha value is -2.58. The number of rotatable bonds is 10. The maximum Gasteiger partial charge on any atom is 0.244 e. The fourth-order valence-electron chi connectivity index (χ4n) is 3.41. The number of nitrogens with one attached hydrogen (secondary N) is 1. The molecule has 0 saturated heterocycles. The highest BCUT2D eigenvalue weighted by Crippen LogP contribution is 2.25. The summed E-state index contributed by atoms with van der Waals surface area (Å²) < 4.78 is 26.1. The highest BCUT2D eigenvalue weighted by Gasteiger charge is 2.31. The standard InChI is InChI=1S/C23H30ClN3O4S/c1-5-21(23(29)25-3)26(14-13-18-9-7-6-8-10-18)22(28)16-27(32(4,30)31)19-12-11-17(2)20(24)15-19/h6-12,15,21H,5,13-14,16H2,1-4H3,(H,25,29). The number of aryl methyl sites for hydroxylation is 1. The highest BCUT2D eigenvalue weighted by atomic mass is 35.5. The Morgan fingerprint density at radius 2 is 1.78 bits per heavy atom. The summed E-state index contributed by atoms with van der Waals surface area (Å²) >= 11 is 6.19. The van der Waals surface area contributed by atoms with Crippen molar-refractivity contribution in [2.24, 2.45) is 0 Å². The average Bonchev–Trinajstić information content (AvgIpc) is 2.76. The summed E-state index contributed by atoms with van der Waals surface area (Å²) in [6, 6.07) is 13.7. The summed E-state index contributed by atoms with van der Waals surface area (Å²) in [7, 11) is -2.26. The Bertz CT molecular complexity index is 1040. The van der Waals surface area contributed by atoms with Crippen LogP contribution >= 0.6 is 11.6 Å². The third-order valence-electron chi connectivity index (χ3n) is 5.24. The van der Waals surface area contributed by atoms with Gasteiger partial charge >= 0.3 is 0 Å². The van der Waals surface area contributed by atoms with Crippen molar-refractivity contribution in [3.63, 3.8) is 0 Å². The van der Waals surface area contributed by atoms with E-state index in [4.69, 9.17) is 11.6 Å². The number of carbonyl (C=O) groups excluding carboxylic acids is 2. The minimum atomic E-state index is -3.77. The number of hydrogen-bond donors (Lipinski definition) is 1. The molecule has 0 spiro atoms. The van der Waals surface area contributed by atoms with Gasteiger partial charge in [0.2, 0.25) is 21.8 Å². The number of anilines is 1. The van der Waals surface area contributed by atoms with E-state index in [9.17, 15) is 18.0 Å². The van der Waals surface area contributed by atoms with Crippen molar-refractivity contribution in [3.05, 3.63) is 64.7 Å². The molecule has 7 nitrogen and oxygen atoms in total. The predicted octanol–water partition coefficient (Wildman–Crippen LogP) is 3.01. The molecule has 9 heteroatoms. The fourth-order valence-corrected chi connectivity index (χ4v) is 4.43. The third-order valence-corrected chi connectivity index (χ3v) is 6.79. The number of sulfonamides is 1. The minimum Gasteiger partial charge on any atom is -0.357 e. The molecule has 2 amide bonds. The molecule has 0 heterocycles. The zero-order chi connectivity index (χ0) is 23.9. The van der Waals surface area contributed by atoms with Crippen molar-refractivity contribution in [3.8, 4) is 0 Å². The van der Waals surface area contributed by atoms with Gasteiger partial charge in [0.25, 0.3) is 0 Å². The first kappa shape index (κ1) is 25.7. The number of nitrogens with zero attached hydrogens (tertiary/aromatic N) is 2. The largest absolute Gasteiger partial charge is 0.357 e. The molecule has 1 atom stereocenters. The van der Waals surface area contributed by atoms with E-state index in [1.165, 1.54) is 18.0 Å². The molecule has 0 radical (unpaired) electrons. The van der Waals surface area contributed by atoms with Crippen molar-refractivity contribution in [2.75, 3.05) is 30.7 Å². The molecule has 1 unspecified atom stereocenters. The Balaban J connectivity index is 2.36. The second-order valence-electron chi connectivity index (χ2n) is 7.56. The van der Waals surface area contributed by atoms with Crippen LogP contribution in [0.2, 0.25) is 5.02 Å². The highest BCUT2D eigenvalue weighted by molar-refractivity contribution is 7.92. The Labute approximate surface area is 195 Å². The van der Waals surface area contributed by atoms with Crippen LogP contribution in [0.5, 0.6) is 0 Å². The molecule has 0 aliphatic carbocycles. The van der Waals surface area contributed by atoms with Crippen LogP contribution < -0.4 is 9.62 Å². The molecule has 0 bridgehead atoms. The molecule has 32 heavy (non-hydrogen) atoms. The first-order valence-corrected chi connectivity index (χ1v) is 12.6. The summed E-state index contributed by atoms with van der Waals surface area (Å²) in [6.45, 7) is 3.47. The van der Waals surface area contributed by atoms with Crippen LogP contribution in [-0.2, 0) is 26.0 Å². The molecule has 174 valence electrons. The fraction of sp³-hybridized carbons (Fsp3) is 0.391. The number of hydrogen-bond acceptors (Lipinski definition) is 4. The van der Waals surface area contributed by atoms with Crippen molar-refractivity contribution in [1.29, 1.82) is 0 Å². The lowest BCUT2D eigenvalue weighted by atomic mass is 10.1. The molecule has 0 aromatic heterocycles. The van der Waals surface area contributed by atoms with Gasteiger partial charge in [-0.2, -0.15) is 0 Å². The van der Waals surface area contributed by atoms with E-state index in [0.717, 1.165) is 21.7 Å². The van der Waals surface area contributed by atoms with E-state index in [0.29, 0.717) is 23.6 Å². The van der Waals surface area contributed by atoms with Crippen LogP contribution in [0.15, 0.2) is 48.5 Å². The molecule has 0 saturated carbocycles. The van der Waals surface area contributed by atoms with Gasteiger partial charge in [-0.05, 0) is 43.0 Å². The van der Waals surface area contributed by atoms with Crippen molar-refractivity contribution >= 4 is 39.1 Å². The second kappa shape index (κ2) is 11.3. The predicted molar refractivity (Wildman–Crippen MR) is 128 cm³/mol. The topological polar surface area (TPSA) is 86.8 Å². The molecular formula is C23H30ClN3O4S. The Morgan fingerprint density at radius 1 is 1.12 bits per heavy atom. The molecule has 2 aromatic carbocycles. The molecule has 0 aliphatic rings. The van der Waals surface area contributed by atoms with Gasteiger partial charge in [-0.15, -0.1) is 0 Å². The lowest BCUT2D eigenvalue weighted by molar-refractivity contribution is -0.139. The lowest BCUT2D eigenvalue weighted by Crippen LogP contribution is -2.52. The van der Waals surface area contributed by atoms with Crippen molar-refractivity contribution in [2.45, 2.75) is 32.7 Å². The van der Waals surface area contributed by atoms with Gasteiger partial charge in [0, 0.05) is 18.6 Å². The Morgan fingerprint density at radius 3 is 2.31 bits per heavy atom. The quantitative estimate of drug-likeness (QED) is 0.567. The van der Waals surface area contributed by atoms with Gasteiger partial charge in [-0.1, -0.05) is 54.9 Å². The maximum atomic E-state index is 13.4. The van der Waals surface area contributed by atoms with E-state index in [1.54, 1.807) is 12.1 Å². The van der Waals surface area contributed by atoms with Crippen LogP contribution in [0.3, 0.4) is 0 Å². The zero-order valence-corrected chi connectivity index (χ0v) is 20.4. The SMILES string of the molecule is CCC(C(=O)NC)N(CCc1ccccc1)C(=O)CN(c1ccc(C)c(Cl)c1)S(C)(=O)=O. The molecule has 2 aromatic rings. The van der Waals surface area contributed by atoms with E-state index in [-0.39, 0.29) is 12.5 Å². The van der Waals surface area contributed by atoms with Crippen molar-refractivity contribution in [1.82, 2.24) is 10.2 Å². The minimum absolute atomic E-state index is 0.279. The maximum absolute atomic E-state index is 13.4. The first-order valence-electron chi connectivity index (χ1n) is 10.4. The normalized spacial score (nSPS) is 12.2. The van der Waals surface area contributed by atoms with Crippen LogP contribution in [0.1, 0.15) is 24.5 Å². The number of amides is 2. The molecule has 2 rings (SSSR count). The lowest BCUT2D eigenvalue weighted by Gasteiger charge is -2.32. The van der Waals surface area contributed by atoms with Crippen LogP contribution in [0.25, 0.3) is 0 Å². The van der Waals surface area contributed by atoms with Gasteiger partial charge in [-0.3, -0.25) is 13.9 Å². The van der Waals surface area contributed by atoms with E-state index >= 15 is 0 Å². The van der Waals surface area contributed by atoms with Crippen molar-refractivity contribution < 1.29 is 18.0 Å². The summed E-state index contributed by atoms with van der Waals surface area (Å²) in [5.74, 6) is -0.753. The third kappa shape index (κ3) is 6.71. The number of halogens is 1. The van der Waals surface area contributed by atoms with Gasteiger partial charge < -0.3 is 10.2 Å². The van der Waals surface area contributed by atoms with E-state index < -0.39 is 28.5 Å². The summed E-state index contributed by atoms with van der Waals surface area (Å²) in [5.41, 5.74) is 2.11. The Kier molecular flexibility index (Phi) is 9.09. The summed E-state index contributed by atoms with van der Waals surface area (Å²) in [5, 5.41) is 3.00. The molecular weight excluding hydrogens is 450 g/mol. The second-order valence-corrected chi connectivity index (χ2v) is 9.88. The number of likely N-dealkylation sites (N-methyl/N-ethyl adjacent to an activating group) is 1. The number of benzene rings is 2. The van der Waals surface area contributed by atoms with Gasteiger partial charge in [0.05, 0.1) is 11.9 Å². The van der Waals surface area contributed by atoms with E-state index in [1.807, 2.05) is 44.2 Å². The smallest absolute Gasteiger partial charge is 0.244 e. The summed E-state index contributed by atoms with van der Waals surface area (Å²) in [6.07, 6.45) is 1.98. The molecule has 1 N–H and O–H groups in total. The van der Waals surface area contributed by atoms with E-state index in [2.05, 4.69) is 5.32 Å². The average molecular weight is 480 g/mol. The van der Waals surface area contributed by atoms with Crippen LogP contribution in [0.4, 0.5) is 5.69 Å².